The highest BCUT2D eigenvalue weighted by Crippen LogP contribution is 2.09. The summed E-state index contributed by atoms with van der Waals surface area (Å²) in [6.45, 7) is 8.07. The van der Waals surface area contributed by atoms with Crippen LogP contribution in [0.25, 0.3) is 0 Å². The first-order chi connectivity index (χ1) is 11.7. The fourth-order valence-corrected chi connectivity index (χ4v) is 2.02. The molecule has 0 heterocycles. The van der Waals surface area contributed by atoms with Crippen molar-refractivity contribution in [3.63, 3.8) is 0 Å². The first kappa shape index (κ1) is 19.7. The Morgan fingerprint density at radius 2 is 1.12 bits per heavy atom. The molecule has 0 atom stereocenters. The fraction of sp³-hybridized carbons (Fsp3) is 0.400. The highest BCUT2D eigenvalue weighted by atomic mass is 16.5. The molecular formula is C20H26O4. The summed E-state index contributed by atoms with van der Waals surface area (Å²) in [5.74, 6) is -0.754. The Morgan fingerprint density at radius 3 is 1.46 bits per heavy atom. The van der Waals surface area contributed by atoms with Crippen molar-refractivity contribution in [3.8, 4) is 0 Å². The zero-order valence-electron chi connectivity index (χ0n) is 14.2. The van der Waals surface area contributed by atoms with Crippen LogP contribution in [0.2, 0.25) is 0 Å². The van der Waals surface area contributed by atoms with Crippen LogP contribution in [0, 0.1) is 0 Å². The summed E-state index contributed by atoms with van der Waals surface area (Å²) in [6, 6.07) is 6.33. The fourth-order valence-electron chi connectivity index (χ4n) is 2.02. The molecule has 0 saturated heterocycles. The van der Waals surface area contributed by atoms with Crippen LogP contribution in [0.15, 0.2) is 49.6 Å². The van der Waals surface area contributed by atoms with Gasteiger partial charge < -0.3 is 9.47 Å². The molecule has 0 aliphatic carbocycles. The Morgan fingerprint density at radius 1 is 0.750 bits per heavy atom. The molecule has 4 heteroatoms. The maximum absolute atomic E-state index is 11.9. The zero-order valence-corrected chi connectivity index (χ0v) is 14.2. The number of hydrogen-bond donors (Lipinski definition) is 0. The van der Waals surface area contributed by atoms with E-state index in [2.05, 4.69) is 13.2 Å². The highest BCUT2D eigenvalue weighted by Gasteiger charge is 2.10. The summed E-state index contributed by atoms with van der Waals surface area (Å²) in [5, 5.41) is 0. The molecule has 0 spiro atoms. The number of esters is 2. The number of unbranched alkanes of at least 4 members (excludes halogenated alkanes) is 4. The second-order valence-electron chi connectivity index (χ2n) is 5.42. The lowest BCUT2D eigenvalue weighted by molar-refractivity contribution is 0.0484. The van der Waals surface area contributed by atoms with Crippen LogP contribution in [-0.2, 0) is 9.47 Å². The van der Waals surface area contributed by atoms with Crippen molar-refractivity contribution in [3.05, 3.63) is 60.7 Å². The Labute approximate surface area is 144 Å². The third-order valence-electron chi connectivity index (χ3n) is 3.43. The van der Waals surface area contributed by atoms with Gasteiger partial charge in [0, 0.05) is 0 Å². The van der Waals surface area contributed by atoms with Crippen molar-refractivity contribution < 1.29 is 19.1 Å². The lowest BCUT2D eigenvalue weighted by atomic mass is 10.1. The summed E-state index contributed by atoms with van der Waals surface area (Å²) < 4.78 is 10.4. The molecule has 0 aromatic heterocycles. The van der Waals surface area contributed by atoms with E-state index in [0.29, 0.717) is 24.3 Å². The van der Waals surface area contributed by atoms with E-state index in [1.807, 2.05) is 12.2 Å². The maximum Gasteiger partial charge on any atom is 0.338 e. The predicted octanol–water partition coefficient (Wildman–Crippen LogP) is 4.71. The molecule has 0 radical (unpaired) electrons. The molecule has 1 aromatic rings. The van der Waals surface area contributed by atoms with Crippen molar-refractivity contribution in [2.24, 2.45) is 0 Å². The van der Waals surface area contributed by atoms with Gasteiger partial charge in [0.15, 0.2) is 0 Å². The normalized spacial score (nSPS) is 10.0. The van der Waals surface area contributed by atoms with Gasteiger partial charge in [-0.2, -0.15) is 0 Å². The van der Waals surface area contributed by atoms with Crippen LogP contribution in [-0.4, -0.2) is 25.2 Å². The molecule has 0 amide bonds. The number of carbonyl (C=O) groups excluding carboxylic acids is 2. The Kier molecular flexibility index (Phi) is 9.93. The van der Waals surface area contributed by atoms with Crippen molar-refractivity contribution in [1.82, 2.24) is 0 Å². The minimum atomic E-state index is -0.377. The molecule has 0 N–H and O–H groups in total. The summed E-state index contributed by atoms with van der Waals surface area (Å²) >= 11 is 0. The molecule has 1 aromatic carbocycles. The van der Waals surface area contributed by atoms with Crippen LogP contribution in [0.3, 0.4) is 0 Å². The monoisotopic (exact) mass is 330 g/mol. The van der Waals surface area contributed by atoms with Crippen LogP contribution >= 0.6 is 0 Å². The average Bonchev–Trinajstić information content (AvgIpc) is 2.61. The van der Waals surface area contributed by atoms with E-state index >= 15 is 0 Å². The average molecular weight is 330 g/mol. The molecule has 0 bridgehead atoms. The van der Waals surface area contributed by atoms with E-state index in [0.717, 1.165) is 38.5 Å². The lowest BCUT2D eigenvalue weighted by Crippen LogP contribution is -2.09. The minimum Gasteiger partial charge on any atom is -0.462 e. The first-order valence-corrected chi connectivity index (χ1v) is 8.35. The third kappa shape index (κ3) is 7.77. The largest absolute Gasteiger partial charge is 0.462 e. The number of rotatable bonds is 12. The number of benzene rings is 1. The molecule has 4 nitrogen and oxygen atoms in total. The zero-order chi connectivity index (χ0) is 17.6. The van der Waals surface area contributed by atoms with E-state index in [-0.39, 0.29) is 11.9 Å². The SMILES string of the molecule is C=CCCCCOC(=O)c1ccc(C(=O)OCCCCC=C)cc1. The van der Waals surface area contributed by atoms with Crippen molar-refractivity contribution in [2.45, 2.75) is 38.5 Å². The molecule has 0 saturated carbocycles. The molecule has 0 unspecified atom stereocenters. The second-order valence-corrected chi connectivity index (χ2v) is 5.42. The first-order valence-electron chi connectivity index (χ1n) is 8.35. The molecular weight excluding hydrogens is 304 g/mol. The van der Waals surface area contributed by atoms with Gasteiger partial charge in [0.1, 0.15) is 0 Å². The van der Waals surface area contributed by atoms with E-state index in [9.17, 15) is 9.59 Å². The number of allylic oxidation sites excluding steroid dienone is 2. The smallest absolute Gasteiger partial charge is 0.338 e. The van der Waals surface area contributed by atoms with Gasteiger partial charge in [0.05, 0.1) is 24.3 Å². The second kappa shape index (κ2) is 12.1. The molecule has 0 aliphatic heterocycles. The summed E-state index contributed by atoms with van der Waals surface area (Å²) in [7, 11) is 0. The van der Waals surface area contributed by atoms with Crippen LogP contribution in [0.5, 0.6) is 0 Å². The highest BCUT2D eigenvalue weighted by molar-refractivity contribution is 5.93. The lowest BCUT2D eigenvalue weighted by Gasteiger charge is -2.06. The van der Waals surface area contributed by atoms with Gasteiger partial charge in [-0.3, -0.25) is 0 Å². The van der Waals surface area contributed by atoms with Crippen molar-refractivity contribution >= 4 is 11.9 Å². The molecule has 0 fully saturated rings. The van der Waals surface area contributed by atoms with Crippen molar-refractivity contribution in [2.75, 3.05) is 13.2 Å². The van der Waals surface area contributed by atoms with Crippen LogP contribution < -0.4 is 0 Å². The van der Waals surface area contributed by atoms with E-state index in [1.165, 1.54) is 0 Å². The van der Waals surface area contributed by atoms with Gasteiger partial charge in [0.2, 0.25) is 0 Å². The molecule has 0 aliphatic rings. The van der Waals surface area contributed by atoms with Gasteiger partial charge in [0.25, 0.3) is 0 Å². The Bertz CT molecular complexity index is 482. The quantitative estimate of drug-likeness (QED) is 0.316. The maximum atomic E-state index is 11.9. The Balaban J connectivity index is 2.35. The number of carbonyl (C=O) groups is 2. The molecule has 1 rings (SSSR count). The van der Waals surface area contributed by atoms with Crippen molar-refractivity contribution in [1.29, 1.82) is 0 Å². The topological polar surface area (TPSA) is 52.6 Å². The van der Waals surface area contributed by atoms with Gasteiger partial charge in [-0.05, 0) is 62.8 Å². The van der Waals surface area contributed by atoms with Gasteiger partial charge in [-0.25, -0.2) is 9.59 Å². The van der Waals surface area contributed by atoms with Gasteiger partial charge in [-0.1, -0.05) is 12.2 Å². The summed E-state index contributed by atoms with van der Waals surface area (Å²) in [6.07, 6.45) is 9.06. The van der Waals surface area contributed by atoms with Crippen LogP contribution in [0.1, 0.15) is 59.2 Å². The predicted molar refractivity (Wildman–Crippen MR) is 95.1 cm³/mol. The Hall–Kier alpha value is -2.36. The van der Waals surface area contributed by atoms with Crippen LogP contribution in [0.4, 0.5) is 0 Å². The van der Waals surface area contributed by atoms with Gasteiger partial charge >= 0.3 is 11.9 Å². The molecule has 130 valence electrons. The number of ether oxygens (including phenoxy) is 2. The van der Waals surface area contributed by atoms with E-state index in [4.69, 9.17) is 9.47 Å². The van der Waals surface area contributed by atoms with E-state index < -0.39 is 0 Å². The van der Waals surface area contributed by atoms with Gasteiger partial charge in [-0.15, -0.1) is 13.2 Å². The van der Waals surface area contributed by atoms with E-state index in [1.54, 1.807) is 24.3 Å². The standard InChI is InChI=1S/C20H26O4/c1-3-5-7-9-15-23-19(21)17-11-13-18(14-12-17)20(22)24-16-10-8-6-4-2/h3-4,11-14H,1-2,5-10,15-16H2. The third-order valence-corrected chi connectivity index (χ3v) is 3.43. The summed E-state index contributed by atoms with van der Waals surface area (Å²) in [4.78, 5) is 23.7. The summed E-state index contributed by atoms with van der Waals surface area (Å²) in [5.41, 5.74) is 0.863. The minimum absolute atomic E-state index is 0.377. The molecule has 24 heavy (non-hydrogen) atoms. The number of hydrogen-bond acceptors (Lipinski definition) is 4.